The number of rotatable bonds is 3. The third kappa shape index (κ3) is 3.27. The van der Waals surface area contributed by atoms with Gasteiger partial charge in [0.05, 0.1) is 12.5 Å². The Morgan fingerprint density at radius 3 is 1.95 bits per heavy atom. The summed E-state index contributed by atoms with van der Waals surface area (Å²) in [6, 6.07) is 0. The first-order chi connectivity index (χ1) is 8.83. The molecule has 0 aromatic rings. The minimum Gasteiger partial charge on any atom is -0.466 e. The minimum atomic E-state index is -5.50. The van der Waals surface area contributed by atoms with E-state index in [0.717, 1.165) is 0 Å². The molecule has 0 aromatic heterocycles. The molecule has 0 aromatic carbocycles. The Labute approximate surface area is 111 Å². The van der Waals surface area contributed by atoms with E-state index < -0.39 is 41.1 Å². The van der Waals surface area contributed by atoms with E-state index in [1.807, 2.05) is 0 Å². The van der Waals surface area contributed by atoms with Crippen LogP contribution in [0, 0.1) is 17.3 Å². The summed E-state index contributed by atoms with van der Waals surface area (Å²) < 4.78 is 79.2. The lowest BCUT2D eigenvalue weighted by Crippen LogP contribution is -2.26. The molecule has 8 heteroatoms. The summed E-state index contributed by atoms with van der Waals surface area (Å²) >= 11 is 0. The topological polar surface area (TPSA) is 26.3 Å². The maximum absolute atomic E-state index is 12.4. The summed E-state index contributed by atoms with van der Waals surface area (Å²) in [5.74, 6) is -2.90. The van der Waals surface area contributed by atoms with E-state index in [9.17, 15) is 31.1 Å². The Kier molecular flexibility index (Phi) is 4.18. The highest BCUT2D eigenvalue weighted by Crippen LogP contribution is 2.61. The molecule has 116 valence electrons. The first-order valence-corrected chi connectivity index (χ1v) is 5.86. The van der Waals surface area contributed by atoms with Gasteiger partial charge in [-0.05, 0) is 18.3 Å². The van der Waals surface area contributed by atoms with E-state index in [2.05, 4.69) is 4.74 Å². The van der Waals surface area contributed by atoms with Gasteiger partial charge in [0.15, 0.2) is 0 Å². The molecule has 0 aliphatic heterocycles. The van der Waals surface area contributed by atoms with Crippen molar-refractivity contribution in [3.63, 3.8) is 0 Å². The predicted molar refractivity (Wildman–Crippen MR) is 57.6 cm³/mol. The van der Waals surface area contributed by atoms with Gasteiger partial charge < -0.3 is 4.74 Å². The van der Waals surface area contributed by atoms with Crippen LogP contribution < -0.4 is 0 Å². The van der Waals surface area contributed by atoms with Crippen molar-refractivity contribution >= 4 is 5.97 Å². The SMILES string of the molecule is CCOC(=O)[C@H]1[C@H](C=C(C(F)(F)F)C(F)(F)F)C1(C)C. The van der Waals surface area contributed by atoms with Crippen molar-refractivity contribution in [2.45, 2.75) is 33.1 Å². The maximum Gasteiger partial charge on any atom is 0.421 e. The third-order valence-corrected chi connectivity index (χ3v) is 3.41. The number of hydrogen-bond acceptors (Lipinski definition) is 2. The highest BCUT2D eigenvalue weighted by molar-refractivity contribution is 5.78. The second kappa shape index (κ2) is 4.96. The first kappa shape index (κ1) is 16.8. The van der Waals surface area contributed by atoms with Gasteiger partial charge >= 0.3 is 18.3 Å². The number of allylic oxidation sites excluding steroid dienone is 2. The molecule has 1 saturated carbocycles. The van der Waals surface area contributed by atoms with Gasteiger partial charge in [0, 0.05) is 0 Å². The quantitative estimate of drug-likeness (QED) is 0.449. The van der Waals surface area contributed by atoms with Gasteiger partial charge in [-0.25, -0.2) is 0 Å². The summed E-state index contributed by atoms with van der Waals surface area (Å²) in [5, 5.41) is 0. The molecule has 1 aliphatic rings. The Morgan fingerprint density at radius 2 is 1.60 bits per heavy atom. The predicted octanol–water partition coefficient (Wildman–Crippen LogP) is 3.87. The minimum absolute atomic E-state index is 0.0211. The van der Waals surface area contributed by atoms with E-state index >= 15 is 0 Å². The van der Waals surface area contributed by atoms with Gasteiger partial charge in [-0.1, -0.05) is 19.9 Å². The van der Waals surface area contributed by atoms with Crippen LogP contribution in [0.4, 0.5) is 26.3 Å². The number of hydrogen-bond donors (Lipinski definition) is 0. The molecular formula is C12H14F6O2. The van der Waals surface area contributed by atoms with Crippen LogP contribution >= 0.6 is 0 Å². The van der Waals surface area contributed by atoms with Gasteiger partial charge in [0.25, 0.3) is 0 Å². The zero-order chi connectivity index (χ0) is 15.9. The van der Waals surface area contributed by atoms with Crippen LogP contribution in [0.15, 0.2) is 11.6 Å². The van der Waals surface area contributed by atoms with Crippen LogP contribution in [0.5, 0.6) is 0 Å². The molecule has 2 atom stereocenters. The zero-order valence-electron chi connectivity index (χ0n) is 11.0. The van der Waals surface area contributed by atoms with Crippen LogP contribution in [0.1, 0.15) is 20.8 Å². The molecule has 0 amide bonds. The largest absolute Gasteiger partial charge is 0.466 e. The summed E-state index contributed by atoms with van der Waals surface area (Å²) in [6.45, 7) is 4.39. The van der Waals surface area contributed by atoms with Gasteiger partial charge in [-0.15, -0.1) is 0 Å². The third-order valence-electron chi connectivity index (χ3n) is 3.41. The van der Waals surface area contributed by atoms with Crippen molar-refractivity contribution in [3.8, 4) is 0 Å². The van der Waals surface area contributed by atoms with Gasteiger partial charge in [-0.2, -0.15) is 26.3 Å². The van der Waals surface area contributed by atoms with E-state index in [0.29, 0.717) is 0 Å². The zero-order valence-corrected chi connectivity index (χ0v) is 11.0. The first-order valence-electron chi connectivity index (χ1n) is 5.86. The van der Waals surface area contributed by atoms with E-state index in [1.54, 1.807) is 0 Å². The molecule has 1 rings (SSSR count). The van der Waals surface area contributed by atoms with Crippen molar-refractivity contribution in [2.24, 2.45) is 17.3 Å². The molecule has 0 heterocycles. The van der Waals surface area contributed by atoms with Crippen LogP contribution in [0.2, 0.25) is 0 Å². The highest BCUT2D eigenvalue weighted by atomic mass is 19.4. The molecule has 0 radical (unpaired) electrons. The Balaban J connectivity index is 3.06. The van der Waals surface area contributed by atoms with Crippen LogP contribution in [-0.2, 0) is 9.53 Å². The molecule has 2 nitrogen and oxygen atoms in total. The second-order valence-corrected chi connectivity index (χ2v) is 5.15. The fraction of sp³-hybridized carbons (Fsp3) is 0.750. The van der Waals surface area contributed by atoms with Gasteiger partial charge in [0.1, 0.15) is 5.57 Å². The van der Waals surface area contributed by atoms with Crippen molar-refractivity contribution in [1.29, 1.82) is 0 Å². The smallest absolute Gasteiger partial charge is 0.421 e. The number of esters is 1. The van der Waals surface area contributed by atoms with Crippen LogP contribution in [0.25, 0.3) is 0 Å². The van der Waals surface area contributed by atoms with Crippen molar-refractivity contribution in [3.05, 3.63) is 11.6 Å². The van der Waals surface area contributed by atoms with Gasteiger partial charge in [-0.3, -0.25) is 4.79 Å². The summed E-state index contributed by atoms with van der Waals surface area (Å²) in [4.78, 5) is 11.5. The lowest BCUT2D eigenvalue weighted by molar-refractivity contribution is -0.172. The summed E-state index contributed by atoms with van der Waals surface area (Å²) in [7, 11) is 0. The van der Waals surface area contributed by atoms with Crippen molar-refractivity contribution in [2.75, 3.05) is 6.61 Å². The second-order valence-electron chi connectivity index (χ2n) is 5.15. The Bertz CT molecular complexity index is 403. The Morgan fingerprint density at radius 1 is 1.15 bits per heavy atom. The number of carbonyl (C=O) groups excluding carboxylic acids is 1. The van der Waals surface area contributed by atoms with Crippen LogP contribution in [0.3, 0.4) is 0 Å². The normalized spacial score (nSPS) is 25.1. The standard InChI is InChI=1S/C12H14F6O2/c1-4-20-9(19)8-6(10(8,2)3)5-7(11(13,14)15)12(16,17)18/h5-6,8H,4H2,1-3H3/t6-,8+/m0/s1. The van der Waals surface area contributed by atoms with Crippen molar-refractivity contribution < 1.29 is 35.9 Å². The molecule has 0 bridgehead atoms. The Hall–Kier alpha value is -1.21. The number of carbonyl (C=O) groups is 1. The molecule has 0 spiro atoms. The number of halogens is 6. The average molecular weight is 304 g/mol. The van der Waals surface area contributed by atoms with Crippen LogP contribution in [-0.4, -0.2) is 24.9 Å². The molecule has 0 unspecified atom stereocenters. The molecule has 1 fully saturated rings. The van der Waals surface area contributed by atoms with E-state index in [1.165, 1.54) is 20.8 Å². The molecule has 1 aliphatic carbocycles. The van der Waals surface area contributed by atoms with Gasteiger partial charge in [0.2, 0.25) is 0 Å². The fourth-order valence-electron chi connectivity index (χ4n) is 2.20. The molecule has 0 N–H and O–H groups in total. The maximum atomic E-state index is 12.4. The molecule has 0 saturated heterocycles. The lowest BCUT2D eigenvalue weighted by Gasteiger charge is -2.15. The van der Waals surface area contributed by atoms with E-state index in [4.69, 9.17) is 0 Å². The van der Waals surface area contributed by atoms with E-state index in [-0.39, 0.29) is 12.7 Å². The summed E-state index contributed by atoms with van der Waals surface area (Å²) in [6.07, 6.45) is -10.9. The molecule has 20 heavy (non-hydrogen) atoms. The number of ether oxygens (including phenoxy) is 1. The lowest BCUT2D eigenvalue weighted by atomic mass is 10.1. The highest BCUT2D eigenvalue weighted by Gasteiger charge is 2.63. The molecular weight excluding hydrogens is 290 g/mol. The number of alkyl halides is 6. The van der Waals surface area contributed by atoms with Crippen molar-refractivity contribution in [1.82, 2.24) is 0 Å². The average Bonchev–Trinajstić information content (AvgIpc) is 2.73. The fourth-order valence-corrected chi connectivity index (χ4v) is 2.20. The monoisotopic (exact) mass is 304 g/mol. The summed E-state index contributed by atoms with van der Waals surface area (Å²) in [5.41, 5.74) is -3.55.